The number of piperidine rings is 1. The molecule has 3 rings (SSSR count). The first-order valence-electron chi connectivity index (χ1n) is 8.16. The fraction of sp³-hybridized carbons (Fsp3) is 0.444. The highest BCUT2D eigenvalue weighted by atomic mass is 16.5. The van der Waals surface area contributed by atoms with Gasteiger partial charge in [-0.15, -0.1) is 0 Å². The van der Waals surface area contributed by atoms with Crippen LogP contribution in [0.25, 0.3) is 11.3 Å². The number of hydrogen-bond acceptors (Lipinski definition) is 5. The summed E-state index contributed by atoms with van der Waals surface area (Å²) in [5.74, 6) is 0.716. The number of ether oxygens (including phenoxy) is 1. The predicted octanol–water partition coefficient (Wildman–Crippen LogP) is 3.12. The van der Waals surface area contributed by atoms with Gasteiger partial charge in [0.25, 0.3) is 0 Å². The molecule has 23 heavy (non-hydrogen) atoms. The maximum Gasteiger partial charge on any atom is 0.310 e. The highest BCUT2D eigenvalue weighted by Crippen LogP contribution is 2.22. The van der Waals surface area contributed by atoms with E-state index in [1.54, 1.807) is 0 Å². The lowest BCUT2D eigenvalue weighted by atomic mass is 9.98. The van der Waals surface area contributed by atoms with Gasteiger partial charge >= 0.3 is 5.97 Å². The smallest absolute Gasteiger partial charge is 0.310 e. The van der Waals surface area contributed by atoms with Gasteiger partial charge in [0.1, 0.15) is 5.69 Å². The monoisotopic (exact) mass is 314 g/mol. The van der Waals surface area contributed by atoms with Crippen LogP contribution in [-0.4, -0.2) is 35.7 Å². The number of benzene rings is 1. The van der Waals surface area contributed by atoms with E-state index in [9.17, 15) is 4.79 Å². The summed E-state index contributed by atoms with van der Waals surface area (Å²) in [6.07, 6.45) is 1.91. The lowest BCUT2D eigenvalue weighted by Gasteiger charge is -2.30. The fourth-order valence-electron chi connectivity index (χ4n) is 3.00. The summed E-state index contributed by atoms with van der Waals surface area (Å²) < 4.78 is 10.6. The molecule has 2 aromatic rings. The maximum absolute atomic E-state index is 11.9. The summed E-state index contributed by atoms with van der Waals surface area (Å²) in [5, 5.41) is 4.14. The molecule has 2 heterocycles. The second-order valence-electron chi connectivity index (χ2n) is 5.87. The van der Waals surface area contributed by atoms with Crippen molar-refractivity contribution in [3.8, 4) is 11.3 Å². The zero-order valence-electron chi connectivity index (χ0n) is 13.4. The van der Waals surface area contributed by atoms with Crippen LogP contribution in [0, 0.1) is 5.92 Å². The molecule has 1 fully saturated rings. The van der Waals surface area contributed by atoms with Crippen LogP contribution >= 0.6 is 0 Å². The third-order valence-electron chi connectivity index (χ3n) is 4.13. The van der Waals surface area contributed by atoms with E-state index >= 15 is 0 Å². The van der Waals surface area contributed by atoms with Gasteiger partial charge in [-0.3, -0.25) is 9.69 Å². The Morgan fingerprint density at radius 2 is 2.22 bits per heavy atom. The Labute approximate surface area is 136 Å². The van der Waals surface area contributed by atoms with Crippen LogP contribution in [0.2, 0.25) is 0 Å². The van der Waals surface area contributed by atoms with Crippen LogP contribution < -0.4 is 0 Å². The van der Waals surface area contributed by atoms with Crippen molar-refractivity contribution in [2.75, 3.05) is 19.7 Å². The Balaban J connectivity index is 1.61. The van der Waals surface area contributed by atoms with Gasteiger partial charge in [0.2, 0.25) is 0 Å². The normalized spacial score (nSPS) is 18.7. The molecule has 0 amide bonds. The molecule has 122 valence electrons. The third-order valence-corrected chi connectivity index (χ3v) is 4.13. The topological polar surface area (TPSA) is 55.6 Å². The van der Waals surface area contributed by atoms with Crippen molar-refractivity contribution in [1.29, 1.82) is 0 Å². The minimum absolute atomic E-state index is 0.0276. The molecule has 1 unspecified atom stereocenters. The number of aromatic nitrogens is 1. The molecule has 1 aromatic heterocycles. The largest absolute Gasteiger partial charge is 0.466 e. The second-order valence-corrected chi connectivity index (χ2v) is 5.87. The van der Waals surface area contributed by atoms with E-state index in [0.29, 0.717) is 13.2 Å². The molecule has 5 heteroatoms. The van der Waals surface area contributed by atoms with Gasteiger partial charge < -0.3 is 9.26 Å². The number of hydrogen-bond donors (Lipinski definition) is 0. The molecule has 1 aromatic carbocycles. The highest BCUT2D eigenvalue weighted by molar-refractivity contribution is 5.72. The van der Waals surface area contributed by atoms with Crippen molar-refractivity contribution >= 4 is 5.97 Å². The summed E-state index contributed by atoms with van der Waals surface area (Å²) in [6.45, 7) is 4.66. The zero-order valence-corrected chi connectivity index (χ0v) is 13.4. The van der Waals surface area contributed by atoms with E-state index in [1.807, 2.05) is 43.3 Å². The number of rotatable bonds is 5. The molecule has 0 aliphatic carbocycles. The van der Waals surface area contributed by atoms with Gasteiger partial charge in [-0.05, 0) is 26.3 Å². The third kappa shape index (κ3) is 3.99. The van der Waals surface area contributed by atoms with Crippen molar-refractivity contribution in [2.24, 2.45) is 5.92 Å². The number of nitrogens with zero attached hydrogens (tertiary/aromatic N) is 2. The first-order valence-corrected chi connectivity index (χ1v) is 8.16. The zero-order chi connectivity index (χ0) is 16.1. The van der Waals surface area contributed by atoms with Crippen molar-refractivity contribution in [2.45, 2.75) is 26.3 Å². The van der Waals surface area contributed by atoms with Crippen LogP contribution in [0.15, 0.2) is 40.9 Å². The highest BCUT2D eigenvalue weighted by Gasteiger charge is 2.27. The van der Waals surface area contributed by atoms with Crippen molar-refractivity contribution in [3.05, 3.63) is 42.2 Å². The van der Waals surface area contributed by atoms with E-state index < -0.39 is 0 Å². The summed E-state index contributed by atoms with van der Waals surface area (Å²) in [4.78, 5) is 14.1. The Morgan fingerprint density at radius 1 is 1.39 bits per heavy atom. The van der Waals surface area contributed by atoms with Crippen LogP contribution in [-0.2, 0) is 16.1 Å². The van der Waals surface area contributed by atoms with E-state index in [1.165, 1.54) is 0 Å². The van der Waals surface area contributed by atoms with Gasteiger partial charge in [-0.25, -0.2) is 0 Å². The lowest BCUT2D eigenvalue weighted by molar-refractivity contribution is -0.150. The van der Waals surface area contributed by atoms with Gasteiger partial charge in [0, 0.05) is 18.2 Å². The first kappa shape index (κ1) is 15.7. The van der Waals surface area contributed by atoms with E-state index in [0.717, 1.165) is 42.9 Å². The summed E-state index contributed by atoms with van der Waals surface area (Å²) in [6, 6.07) is 12.0. The molecular formula is C18H22N2O3. The summed E-state index contributed by atoms with van der Waals surface area (Å²) in [7, 11) is 0. The van der Waals surface area contributed by atoms with Crippen molar-refractivity contribution < 1.29 is 14.1 Å². The minimum Gasteiger partial charge on any atom is -0.466 e. The molecule has 0 spiro atoms. The van der Waals surface area contributed by atoms with Gasteiger partial charge in [-0.2, -0.15) is 0 Å². The lowest BCUT2D eigenvalue weighted by Crippen LogP contribution is -2.38. The quantitative estimate of drug-likeness (QED) is 0.794. The molecule has 1 aliphatic rings. The average Bonchev–Trinajstić information content (AvgIpc) is 3.05. The maximum atomic E-state index is 11.9. The Kier molecular flexibility index (Phi) is 5.08. The van der Waals surface area contributed by atoms with Gasteiger partial charge in [0.05, 0.1) is 19.1 Å². The summed E-state index contributed by atoms with van der Waals surface area (Å²) >= 11 is 0. The van der Waals surface area contributed by atoms with Gasteiger partial charge in [0.15, 0.2) is 5.76 Å². The molecule has 0 N–H and O–H groups in total. The number of esters is 1. The number of carbonyl (C=O) groups is 1. The fourth-order valence-corrected chi connectivity index (χ4v) is 3.00. The molecule has 0 radical (unpaired) electrons. The van der Waals surface area contributed by atoms with Crippen LogP contribution in [0.4, 0.5) is 0 Å². The molecule has 1 atom stereocenters. The average molecular weight is 314 g/mol. The Hall–Kier alpha value is -2.14. The van der Waals surface area contributed by atoms with Crippen molar-refractivity contribution in [1.82, 2.24) is 10.1 Å². The SMILES string of the molecule is CCOC(=O)C1CCCN(Cc2cc(-c3ccccc3)no2)C1. The Bertz CT molecular complexity index is 639. The van der Waals surface area contributed by atoms with Crippen LogP contribution in [0.5, 0.6) is 0 Å². The van der Waals surface area contributed by atoms with Crippen molar-refractivity contribution in [3.63, 3.8) is 0 Å². The predicted molar refractivity (Wildman–Crippen MR) is 86.6 cm³/mol. The van der Waals surface area contributed by atoms with E-state index in [2.05, 4.69) is 10.1 Å². The van der Waals surface area contributed by atoms with E-state index in [4.69, 9.17) is 9.26 Å². The Morgan fingerprint density at radius 3 is 3.00 bits per heavy atom. The molecule has 0 saturated carbocycles. The molecule has 1 aliphatic heterocycles. The molecule has 0 bridgehead atoms. The standard InChI is InChI=1S/C18H22N2O3/c1-2-22-18(21)15-9-6-10-20(12-15)13-16-11-17(19-23-16)14-7-4-3-5-8-14/h3-5,7-8,11,15H,2,6,9-10,12-13H2,1H3. The molecule has 1 saturated heterocycles. The number of likely N-dealkylation sites (tertiary alicyclic amines) is 1. The first-order chi connectivity index (χ1) is 11.3. The second kappa shape index (κ2) is 7.42. The van der Waals surface area contributed by atoms with Gasteiger partial charge in [-0.1, -0.05) is 35.5 Å². The molecular weight excluding hydrogens is 292 g/mol. The molecule has 5 nitrogen and oxygen atoms in total. The van der Waals surface area contributed by atoms with E-state index in [-0.39, 0.29) is 11.9 Å². The van der Waals surface area contributed by atoms with Crippen LogP contribution in [0.1, 0.15) is 25.5 Å². The van der Waals surface area contributed by atoms with Crippen LogP contribution in [0.3, 0.4) is 0 Å². The minimum atomic E-state index is -0.0836. The number of carbonyl (C=O) groups excluding carboxylic acids is 1. The summed E-state index contributed by atoms with van der Waals surface area (Å²) in [5.41, 5.74) is 1.89.